The van der Waals surface area contributed by atoms with Crippen LogP contribution in [0.25, 0.3) is 0 Å². The minimum Gasteiger partial charge on any atom is -0.376 e. The van der Waals surface area contributed by atoms with Gasteiger partial charge in [-0.1, -0.05) is 17.7 Å². The average molecular weight is 383 g/mol. The van der Waals surface area contributed by atoms with Crippen LogP contribution in [0.4, 0.5) is 0 Å². The highest BCUT2D eigenvalue weighted by molar-refractivity contribution is 5.94. The fraction of sp³-hybridized carbons (Fsp3) is 0.545. The molecule has 0 radical (unpaired) electrons. The third-order valence-electron chi connectivity index (χ3n) is 5.77. The number of nitrogens with one attached hydrogen (secondary N) is 1. The van der Waals surface area contributed by atoms with Crippen molar-refractivity contribution in [3.8, 4) is 0 Å². The van der Waals surface area contributed by atoms with Crippen molar-refractivity contribution in [2.45, 2.75) is 58.8 Å². The fourth-order valence-corrected chi connectivity index (χ4v) is 4.35. The molecule has 2 aliphatic heterocycles. The van der Waals surface area contributed by atoms with Gasteiger partial charge in [-0.25, -0.2) is 0 Å². The van der Waals surface area contributed by atoms with Gasteiger partial charge in [0.05, 0.1) is 18.9 Å². The van der Waals surface area contributed by atoms with Crippen LogP contribution in [0, 0.1) is 6.92 Å². The molecule has 0 aliphatic carbocycles. The number of amides is 1. The molecule has 0 saturated carbocycles. The summed E-state index contributed by atoms with van der Waals surface area (Å²) < 4.78 is 7.82. The normalized spacial score (nSPS) is 20.0. The van der Waals surface area contributed by atoms with Crippen LogP contribution >= 0.6 is 0 Å². The number of aromatic nitrogens is 2. The van der Waals surface area contributed by atoms with Gasteiger partial charge in [0.25, 0.3) is 5.91 Å². The first-order valence-corrected chi connectivity index (χ1v) is 10.4. The Morgan fingerprint density at radius 3 is 3.11 bits per heavy atom. The Labute approximate surface area is 166 Å². The molecule has 1 aromatic carbocycles. The maximum absolute atomic E-state index is 12.6. The summed E-state index contributed by atoms with van der Waals surface area (Å²) in [6, 6.07) is 7.96. The van der Waals surface area contributed by atoms with Crippen LogP contribution in [0.3, 0.4) is 0 Å². The maximum Gasteiger partial charge on any atom is 0.251 e. The molecule has 2 aliphatic rings. The fourth-order valence-electron chi connectivity index (χ4n) is 4.35. The number of likely N-dealkylation sites (tertiary alicyclic amines) is 1. The Bertz CT molecular complexity index is 845. The molecule has 1 N–H and O–H groups in total. The number of rotatable bonds is 5. The lowest BCUT2D eigenvalue weighted by molar-refractivity contribution is 0.0898. The number of aryl methyl sites for hydroxylation is 2. The summed E-state index contributed by atoms with van der Waals surface area (Å²) in [5.74, 6) is 0.0246. The van der Waals surface area contributed by atoms with Gasteiger partial charge in [0, 0.05) is 48.9 Å². The topological polar surface area (TPSA) is 59.4 Å². The van der Waals surface area contributed by atoms with Gasteiger partial charge >= 0.3 is 0 Å². The molecule has 1 aromatic heterocycles. The zero-order valence-electron chi connectivity index (χ0n) is 16.9. The summed E-state index contributed by atoms with van der Waals surface area (Å²) in [4.78, 5) is 15.0. The molecule has 1 saturated heterocycles. The molecule has 28 heavy (non-hydrogen) atoms. The Balaban J connectivity index is 1.40. The highest BCUT2D eigenvalue weighted by Gasteiger charge is 2.26. The minimum absolute atomic E-state index is 0.0246. The van der Waals surface area contributed by atoms with E-state index in [4.69, 9.17) is 9.84 Å². The Kier molecular flexibility index (Phi) is 5.78. The molecule has 6 nitrogen and oxygen atoms in total. The number of carbonyl (C=O) groups is 1. The predicted octanol–water partition coefficient (Wildman–Crippen LogP) is 2.68. The lowest BCUT2D eigenvalue weighted by Crippen LogP contribution is -2.47. The number of nitrogens with zero attached hydrogens (tertiary/aromatic N) is 3. The molecule has 0 spiro atoms. The minimum atomic E-state index is 0.0246. The van der Waals surface area contributed by atoms with Gasteiger partial charge in [-0.2, -0.15) is 5.10 Å². The average Bonchev–Trinajstić information content (AvgIpc) is 3.06. The van der Waals surface area contributed by atoms with E-state index in [1.54, 1.807) is 0 Å². The van der Waals surface area contributed by atoms with Gasteiger partial charge in [0.15, 0.2) is 0 Å². The van der Waals surface area contributed by atoms with E-state index in [0.29, 0.717) is 6.61 Å². The summed E-state index contributed by atoms with van der Waals surface area (Å²) in [5, 5.41) is 8.08. The number of hydrogen-bond acceptors (Lipinski definition) is 4. The molecular weight excluding hydrogens is 352 g/mol. The van der Waals surface area contributed by atoms with E-state index in [0.717, 1.165) is 68.9 Å². The number of carbonyl (C=O) groups excluding carboxylic acids is 1. The monoisotopic (exact) mass is 382 g/mol. The number of ether oxygens (including phenoxy) is 1. The molecule has 1 atom stereocenters. The molecule has 0 bridgehead atoms. The SMILES string of the molecule is CCn1nc(CN2CCCC(NC(=O)c3cccc(C)c3)C2)c2c1CCOC2. The summed E-state index contributed by atoms with van der Waals surface area (Å²) in [6.45, 7) is 9.26. The first-order valence-electron chi connectivity index (χ1n) is 10.4. The van der Waals surface area contributed by atoms with E-state index < -0.39 is 0 Å². The third-order valence-corrected chi connectivity index (χ3v) is 5.77. The van der Waals surface area contributed by atoms with Gasteiger partial charge in [-0.15, -0.1) is 0 Å². The zero-order chi connectivity index (χ0) is 19.5. The Morgan fingerprint density at radius 1 is 1.39 bits per heavy atom. The molecule has 6 heteroatoms. The largest absolute Gasteiger partial charge is 0.376 e. The van der Waals surface area contributed by atoms with E-state index in [2.05, 4.69) is 21.8 Å². The highest BCUT2D eigenvalue weighted by Crippen LogP contribution is 2.23. The van der Waals surface area contributed by atoms with E-state index in [9.17, 15) is 4.79 Å². The maximum atomic E-state index is 12.6. The van der Waals surface area contributed by atoms with Crippen LogP contribution in [0.15, 0.2) is 24.3 Å². The second kappa shape index (κ2) is 8.45. The molecular formula is C22H30N4O2. The van der Waals surface area contributed by atoms with E-state index in [1.165, 1.54) is 11.3 Å². The second-order valence-electron chi connectivity index (χ2n) is 7.91. The summed E-state index contributed by atoms with van der Waals surface area (Å²) in [7, 11) is 0. The van der Waals surface area contributed by atoms with Gasteiger partial charge in [0.1, 0.15) is 0 Å². The van der Waals surface area contributed by atoms with Crippen molar-refractivity contribution in [1.29, 1.82) is 0 Å². The molecule has 3 heterocycles. The van der Waals surface area contributed by atoms with Crippen molar-refractivity contribution in [2.24, 2.45) is 0 Å². The van der Waals surface area contributed by atoms with Gasteiger partial charge in [-0.05, 0) is 45.4 Å². The first kappa shape index (κ1) is 19.2. The third kappa shape index (κ3) is 4.13. The summed E-state index contributed by atoms with van der Waals surface area (Å²) >= 11 is 0. The van der Waals surface area contributed by atoms with Gasteiger partial charge in [0.2, 0.25) is 0 Å². The van der Waals surface area contributed by atoms with Gasteiger partial charge < -0.3 is 10.1 Å². The van der Waals surface area contributed by atoms with Crippen LogP contribution in [0.1, 0.15) is 52.6 Å². The lowest BCUT2D eigenvalue weighted by Gasteiger charge is -2.33. The summed E-state index contributed by atoms with van der Waals surface area (Å²) in [6.07, 6.45) is 3.07. The second-order valence-corrected chi connectivity index (χ2v) is 7.91. The number of hydrogen-bond donors (Lipinski definition) is 1. The standard InChI is InChI=1S/C22H30N4O2/c1-3-26-21-9-11-28-15-19(21)20(24-26)14-25-10-5-8-18(13-25)23-22(27)17-7-4-6-16(2)12-17/h4,6-7,12,18H,3,5,8-11,13-15H2,1-2H3,(H,23,27). The quantitative estimate of drug-likeness (QED) is 0.864. The summed E-state index contributed by atoms with van der Waals surface area (Å²) in [5.41, 5.74) is 5.60. The van der Waals surface area contributed by atoms with Crippen LogP contribution in [-0.4, -0.2) is 46.3 Å². The Morgan fingerprint density at radius 2 is 2.29 bits per heavy atom. The van der Waals surface area contributed by atoms with Crippen LogP contribution in [-0.2, 0) is 30.9 Å². The molecule has 4 rings (SSSR count). The number of piperidine rings is 1. The Hall–Kier alpha value is -2.18. The van der Waals surface area contributed by atoms with Crippen LogP contribution < -0.4 is 5.32 Å². The molecule has 2 aromatic rings. The van der Waals surface area contributed by atoms with E-state index in [1.807, 2.05) is 31.2 Å². The molecule has 1 unspecified atom stereocenters. The zero-order valence-corrected chi connectivity index (χ0v) is 16.9. The van der Waals surface area contributed by atoms with Crippen molar-refractivity contribution in [3.63, 3.8) is 0 Å². The van der Waals surface area contributed by atoms with Crippen molar-refractivity contribution >= 4 is 5.91 Å². The smallest absolute Gasteiger partial charge is 0.251 e. The number of fused-ring (bicyclic) bond motifs is 1. The lowest BCUT2D eigenvalue weighted by atomic mass is 10.0. The van der Waals surface area contributed by atoms with Gasteiger partial charge in [-0.3, -0.25) is 14.4 Å². The number of benzene rings is 1. The predicted molar refractivity (Wildman–Crippen MR) is 108 cm³/mol. The van der Waals surface area contributed by atoms with E-state index in [-0.39, 0.29) is 11.9 Å². The van der Waals surface area contributed by atoms with Crippen LogP contribution in [0.2, 0.25) is 0 Å². The van der Waals surface area contributed by atoms with Crippen molar-refractivity contribution in [1.82, 2.24) is 20.0 Å². The molecule has 1 fully saturated rings. The van der Waals surface area contributed by atoms with Crippen molar-refractivity contribution in [2.75, 3.05) is 19.7 Å². The van der Waals surface area contributed by atoms with Crippen molar-refractivity contribution < 1.29 is 9.53 Å². The van der Waals surface area contributed by atoms with Crippen molar-refractivity contribution in [3.05, 3.63) is 52.3 Å². The molecule has 150 valence electrons. The molecule has 1 amide bonds. The van der Waals surface area contributed by atoms with E-state index >= 15 is 0 Å². The highest BCUT2D eigenvalue weighted by atomic mass is 16.5. The first-order chi connectivity index (χ1) is 13.6. The van der Waals surface area contributed by atoms with Crippen LogP contribution in [0.5, 0.6) is 0 Å².